The molecule has 9 aromatic rings. The second-order valence-electron chi connectivity index (χ2n) is 11.4. The molecule has 0 spiro atoms. The number of nitrogens with zero attached hydrogens (tertiary/aromatic N) is 1. The minimum Gasteiger partial charge on any atom is -0.355 e. The lowest BCUT2D eigenvalue weighted by Crippen LogP contribution is -1.93. The zero-order chi connectivity index (χ0) is 27.4. The SMILES string of the molecule is c1ccc(-n2c3ccc(-c4ccc5[nH]c6ccccc6c5c4)cc3c3c4cccc5c4c(cc32)-c2ccccc2-5)cc1. The molecule has 0 radical (unpaired) electrons. The van der Waals surface area contributed by atoms with Crippen LogP contribution >= 0.6 is 0 Å². The molecule has 2 aromatic heterocycles. The third-order valence-electron chi connectivity index (χ3n) is 9.25. The van der Waals surface area contributed by atoms with E-state index in [-0.39, 0.29) is 0 Å². The van der Waals surface area contributed by atoms with Crippen molar-refractivity contribution < 1.29 is 0 Å². The van der Waals surface area contributed by atoms with E-state index in [0.717, 1.165) is 0 Å². The van der Waals surface area contributed by atoms with Crippen molar-refractivity contribution in [1.29, 1.82) is 0 Å². The molecule has 0 unspecified atom stereocenters. The molecule has 2 heteroatoms. The first-order chi connectivity index (χ1) is 20.8. The summed E-state index contributed by atoms with van der Waals surface area (Å²) in [6.45, 7) is 0. The third-order valence-corrected chi connectivity index (χ3v) is 9.25. The van der Waals surface area contributed by atoms with Gasteiger partial charge >= 0.3 is 0 Å². The Hall–Kier alpha value is -5.60. The molecule has 1 N–H and O–H groups in total. The molecule has 1 aliphatic carbocycles. The molecule has 0 atom stereocenters. The second kappa shape index (κ2) is 7.99. The smallest absolute Gasteiger partial charge is 0.0553 e. The first kappa shape index (κ1) is 22.1. The van der Waals surface area contributed by atoms with Gasteiger partial charge in [0.15, 0.2) is 0 Å². The predicted molar refractivity (Wildman–Crippen MR) is 178 cm³/mol. The van der Waals surface area contributed by atoms with E-state index in [2.05, 4.69) is 149 Å². The fraction of sp³-hybridized carbons (Fsp3) is 0. The Morgan fingerprint density at radius 1 is 0.381 bits per heavy atom. The fourth-order valence-electron chi connectivity index (χ4n) is 7.44. The summed E-state index contributed by atoms with van der Waals surface area (Å²) >= 11 is 0. The average Bonchev–Trinajstić information content (AvgIpc) is 3.70. The van der Waals surface area contributed by atoms with Gasteiger partial charge in [0.1, 0.15) is 0 Å². The Morgan fingerprint density at radius 2 is 1.05 bits per heavy atom. The van der Waals surface area contributed by atoms with E-state index in [0.29, 0.717) is 0 Å². The van der Waals surface area contributed by atoms with Gasteiger partial charge in [0.25, 0.3) is 0 Å². The Kier molecular flexibility index (Phi) is 4.21. The predicted octanol–water partition coefficient (Wildman–Crippen LogP) is 10.9. The van der Waals surface area contributed by atoms with Gasteiger partial charge in [-0.3, -0.25) is 0 Å². The summed E-state index contributed by atoms with van der Waals surface area (Å²) in [5.41, 5.74) is 13.8. The number of benzene rings is 7. The average molecular weight is 533 g/mol. The van der Waals surface area contributed by atoms with Gasteiger partial charge in [-0.1, -0.05) is 91.0 Å². The Morgan fingerprint density at radius 3 is 1.93 bits per heavy atom. The molecule has 1 aliphatic rings. The fourth-order valence-corrected chi connectivity index (χ4v) is 7.44. The van der Waals surface area contributed by atoms with Crippen LogP contribution in [-0.4, -0.2) is 9.55 Å². The molecule has 0 saturated heterocycles. The number of nitrogens with one attached hydrogen (secondary N) is 1. The van der Waals surface area contributed by atoms with Crippen LogP contribution in [0.1, 0.15) is 0 Å². The summed E-state index contributed by atoms with van der Waals surface area (Å²) in [7, 11) is 0. The van der Waals surface area contributed by atoms with E-state index in [9.17, 15) is 0 Å². The van der Waals surface area contributed by atoms with Gasteiger partial charge in [-0.15, -0.1) is 0 Å². The van der Waals surface area contributed by atoms with Crippen molar-refractivity contribution in [2.75, 3.05) is 0 Å². The van der Waals surface area contributed by atoms with Gasteiger partial charge in [0.2, 0.25) is 0 Å². The minimum absolute atomic E-state index is 1.17. The monoisotopic (exact) mass is 532 g/mol. The van der Waals surface area contributed by atoms with E-state index in [1.54, 1.807) is 0 Å². The van der Waals surface area contributed by atoms with Crippen LogP contribution in [0.2, 0.25) is 0 Å². The number of aromatic nitrogens is 2. The largest absolute Gasteiger partial charge is 0.355 e. The number of hydrogen-bond acceptors (Lipinski definition) is 0. The first-order valence-electron chi connectivity index (χ1n) is 14.5. The lowest BCUT2D eigenvalue weighted by molar-refractivity contribution is 1.18. The highest BCUT2D eigenvalue weighted by Gasteiger charge is 2.25. The lowest BCUT2D eigenvalue weighted by Gasteiger charge is -2.10. The summed E-state index contributed by atoms with van der Waals surface area (Å²) in [6, 6.07) is 51.2. The molecule has 7 aromatic carbocycles. The maximum absolute atomic E-state index is 3.57. The maximum Gasteiger partial charge on any atom is 0.0553 e. The van der Waals surface area contributed by atoms with E-state index < -0.39 is 0 Å². The molecule has 0 aliphatic heterocycles. The van der Waals surface area contributed by atoms with Crippen LogP contribution in [0, 0.1) is 0 Å². The van der Waals surface area contributed by atoms with Crippen molar-refractivity contribution in [2.45, 2.75) is 0 Å². The second-order valence-corrected chi connectivity index (χ2v) is 11.4. The molecule has 0 fully saturated rings. The Labute approximate surface area is 242 Å². The zero-order valence-electron chi connectivity index (χ0n) is 22.7. The Balaban J connectivity index is 1.32. The maximum atomic E-state index is 3.57. The van der Waals surface area contributed by atoms with Crippen molar-refractivity contribution in [3.05, 3.63) is 140 Å². The van der Waals surface area contributed by atoms with Crippen LogP contribution in [0.5, 0.6) is 0 Å². The highest BCUT2D eigenvalue weighted by Crippen LogP contribution is 2.51. The number of hydrogen-bond donors (Lipinski definition) is 1. The highest BCUT2D eigenvalue weighted by molar-refractivity contribution is 6.29. The number of fused-ring (bicyclic) bond motifs is 10. The number of para-hydroxylation sites is 2. The molecule has 2 heterocycles. The van der Waals surface area contributed by atoms with Gasteiger partial charge in [-0.05, 0) is 92.7 Å². The summed E-state index contributed by atoms with van der Waals surface area (Å²) in [5.74, 6) is 0. The van der Waals surface area contributed by atoms with Crippen molar-refractivity contribution in [1.82, 2.24) is 9.55 Å². The summed E-state index contributed by atoms with van der Waals surface area (Å²) < 4.78 is 2.45. The molecule has 0 amide bonds. The van der Waals surface area contributed by atoms with Crippen LogP contribution in [0.4, 0.5) is 0 Å². The van der Waals surface area contributed by atoms with Crippen LogP contribution < -0.4 is 0 Å². The van der Waals surface area contributed by atoms with Crippen LogP contribution in [-0.2, 0) is 0 Å². The van der Waals surface area contributed by atoms with Gasteiger partial charge in [0.05, 0.1) is 11.0 Å². The van der Waals surface area contributed by atoms with Crippen LogP contribution in [0.25, 0.3) is 93.5 Å². The summed E-state index contributed by atoms with van der Waals surface area (Å²) in [5, 5.41) is 7.81. The number of H-pyrrole nitrogens is 1. The van der Waals surface area contributed by atoms with E-state index >= 15 is 0 Å². The van der Waals surface area contributed by atoms with Crippen molar-refractivity contribution in [2.24, 2.45) is 0 Å². The molecule has 2 nitrogen and oxygen atoms in total. The van der Waals surface area contributed by atoms with Crippen LogP contribution in [0.15, 0.2) is 140 Å². The molecule has 194 valence electrons. The first-order valence-corrected chi connectivity index (χ1v) is 14.5. The van der Waals surface area contributed by atoms with Gasteiger partial charge in [-0.25, -0.2) is 0 Å². The number of aromatic amines is 1. The molecular formula is C40H24N2. The standard InChI is InChI=1S/C40H24N2/c1-2-9-26(10-3-1)42-37-20-18-25(24-17-19-36-32(21-24)29-13-6-7-16-35(29)41-36)22-34(37)40-31-15-8-14-30-27-11-4-5-12-28(27)33(39(30)31)23-38(40)42/h1-23,41H. The molecule has 10 rings (SSSR count). The van der Waals surface area contributed by atoms with Crippen LogP contribution in [0.3, 0.4) is 0 Å². The molecule has 0 bridgehead atoms. The van der Waals surface area contributed by atoms with Gasteiger partial charge in [-0.2, -0.15) is 0 Å². The minimum atomic E-state index is 1.17. The zero-order valence-corrected chi connectivity index (χ0v) is 22.7. The van der Waals surface area contributed by atoms with Crippen molar-refractivity contribution in [3.63, 3.8) is 0 Å². The van der Waals surface area contributed by atoms with E-state index in [1.165, 1.54) is 93.5 Å². The summed E-state index contributed by atoms with van der Waals surface area (Å²) in [4.78, 5) is 3.57. The van der Waals surface area contributed by atoms with Crippen molar-refractivity contribution in [3.8, 4) is 39.1 Å². The molecular weight excluding hydrogens is 508 g/mol. The van der Waals surface area contributed by atoms with E-state index in [4.69, 9.17) is 0 Å². The van der Waals surface area contributed by atoms with Gasteiger partial charge in [0, 0.05) is 38.3 Å². The summed E-state index contributed by atoms with van der Waals surface area (Å²) in [6.07, 6.45) is 0. The Bertz CT molecular complexity index is 2560. The third kappa shape index (κ3) is 2.83. The van der Waals surface area contributed by atoms with E-state index in [1.807, 2.05) is 0 Å². The molecule has 0 saturated carbocycles. The highest BCUT2D eigenvalue weighted by atomic mass is 15.0. The quantitative estimate of drug-likeness (QED) is 0.229. The van der Waals surface area contributed by atoms with Crippen molar-refractivity contribution >= 4 is 54.4 Å². The number of rotatable bonds is 2. The topological polar surface area (TPSA) is 20.7 Å². The lowest BCUT2D eigenvalue weighted by atomic mass is 9.96. The molecule has 42 heavy (non-hydrogen) atoms. The van der Waals surface area contributed by atoms with Gasteiger partial charge < -0.3 is 9.55 Å². The normalized spacial score (nSPS) is 12.3.